The highest BCUT2D eigenvalue weighted by molar-refractivity contribution is 6.00. The predicted molar refractivity (Wildman–Crippen MR) is 121 cm³/mol. The van der Waals surface area contributed by atoms with Crippen LogP contribution in [0.15, 0.2) is 78.0 Å². The third kappa shape index (κ3) is 4.21. The highest BCUT2D eigenvalue weighted by atomic mass is 16.3. The molecule has 0 atom stereocenters. The van der Waals surface area contributed by atoms with Crippen molar-refractivity contribution < 1.29 is 15.0 Å². The zero-order valence-corrected chi connectivity index (χ0v) is 17.1. The van der Waals surface area contributed by atoms with E-state index >= 15 is 0 Å². The Hall–Kier alpha value is -4.41. The topological polar surface area (TPSA) is 111 Å². The number of phenols is 1. The molecule has 1 amide bonds. The van der Waals surface area contributed by atoms with E-state index in [9.17, 15) is 15.0 Å². The number of nitriles is 1. The number of hydrogen-bond acceptors (Lipinski definition) is 5. The Morgan fingerprint density at radius 2 is 1.91 bits per heavy atom. The summed E-state index contributed by atoms with van der Waals surface area (Å²) in [5.74, 6) is -0.659. The molecule has 32 heavy (non-hydrogen) atoms. The number of nitrogens with zero attached hydrogens (tertiary/aromatic N) is 3. The first kappa shape index (κ1) is 20.8. The van der Waals surface area contributed by atoms with Gasteiger partial charge >= 0.3 is 0 Å². The van der Waals surface area contributed by atoms with Crippen LogP contribution in [0.1, 0.15) is 32.6 Å². The highest BCUT2D eigenvalue weighted by Crippen LogP contribution is 2.22. The molecule has 4 aromatic rings. The van der Waals surface area contributed by atoms with Crippen LogP contribution >= 0.6 is 0 Å². The molecule has 7 nitrogen and oxygen atoms in total. The van der Waals surface area contributed by atoms with E-state index in [4.69, 9.17) is 5.26 Å². The van der Waals surface area contributed by atoms with Crippen LogP contribution in [0, 0.1) is 11.3 Å². The van der Waals surface area contributed by atoms with Gasteiger partial charge in [-0.2, -0.15) is 10.4 Å². The number of aromatic nitrogens is 1. The zero-order valence-electron chi connectivity index (χ0n) is 17.1. The van der Waals surface area contributed by atoms with E-state index in [1.54, 1.807) is 6.21 Å². The van der Waals surface area contributed by atoms with Crippen molar-refractivity contribution in [3.63, 3.8) is 0 Å². The molecule has 0 saturated carbocycles. The number of phenolic OH excluding ortho intramolecular Hbond substituents is 1. The van der Waals surface area contributed by atoms with Gasteiger partial charge in [0.2, 0.25) is 0 Å². The Labute approximate surface area is 184 Å². The number of aliphatic hydroxyl groups excluding tert-OH is 1. The lowest BCUT2D eigenvalue weighted by molar-refractivity contribution is 0.0955. The van der Waals surface area contributed by atoms with E-state index in [2.05, 4.69) is 15.1 Å². The minimum absolute atomic E-state index is 0.0100. The summed E-state index contributed by atoms with van der Waals surface area (Å²) in [5.41, 5.74) is 6.48. The Morgan fingerprint density at radius 1 is 1.09 bits per heavy atom. The van der Waals surface area contributed by atoms with Crippen LogP contribution in [0.3, 0.4) is 0 Å². The fraction of sp³-hybridized carbons (Fsp3) is 0.0800. The van der Waals surface area contributed by atoms with Crippen LogP contribution < -0.4 is 5.43 Å². The molecule has 1 aromatic heterocycles. The molecule has 3 aromatic carbocycles. The van der Waals surface area contributed by atoms with Gasteiger partial charge in [-0.15, -0.1) is 0 Å². The van der Waals surface area contributed by atoms with E-state index in [0.717, 1.165) is 27.6 Å². The van der Waals surface area contributed by atoms with Crippen LogP contribution in [0.25, 0.3) is 10.9 Å². The normalized spacial score (nSPS) is 11.0. The van der Waals surface area contributed by atoms with Crippen molar-refractivity contribution in [1.29, 1.82) is 5.26 Å². The standard InChI is InChI=1S/C25H20N4O3/c26-13-21-12-17(8-9-24(21)31)25(32)28-27-14-18-6-3-7-23-22(18)10-11-29(23)15-19-4-1-2-5-20(19)16-30/h1-12,14,30-31H,15-16H2,(H,28,32). The number of carbonyl (C=O) groups is 1. The average Bonchev–Trinajstić information content (AvgIpc) is 3.23. The molecule has 0 unspecified atom stereocenters. The minimum Gasteiger partial charge on any atom is -0.507 e. The molecule has 7 heteroatoms. The number of fused-ring (bicyclic) bond motifs is 1. The number of aliphatic hydroxyl groups is 1. The molecule has 0 bridgehead atoms. The number of benzene rings is 3. The Balaban J connectivity index is 1.53. The molecule has 0 aliphatic carbocycles. The number of hydrogen-bond donors (Lipinski definition) is 3. The maximum absolute atomic E-state index is 12.3. The first-order valence-corrected chi connectivity index (χ1v) is 9.92. The van der Waals surface area contributed by atoms with Gasteiger partial charge in [0.1, 0.15) is 11.8 Å². The molecule has 3 N–H and O–H groups in total. The van der Waals surface area contributed by atoms with Crippen LogP contribution in [0.2, 0.25) is 0 Å². The maximum Gasteiger partial charge on any atom is 0.271 e. The molecule has 0 spiro atoms. The Bertz CT molecular complexity index is 1370. The molecular formula is C25H20N4O3. The van der Waals surface area contributed by atoms with Crippen LogP contribution in [0.5, 0.6) is 5.75 Å². The van der Waals surface area contributed by atoms with E-state index in [1.807, 2.05) is 60.8 Å². The maximum atomic E-state index is 12.3. The van der Waals surface area contributed by atoms with E-state index in [-0.39, 0.29) is 23.5 Å². The number of rotatable bonds is 6. The van der Waals surface area contributed by atoms with E-state index in [0.29, 0.717) is 6.54 Å². The van der Waals surface area contributed by atoms with Crippen molar-refractivity contribution in [1.82, 2.24) is 9.99 Å². The summed E-state index contributed by atoms with van der Waals surface area (Å²) >= 11 is 0. The molecule has 4 rings (SSSR count). The third-order valence-electron chi connectivity index (χ3n) is 5.23. The molecule has 0 saturated heterocycles. The van der Waals surface area contributed by atoms with Crippen molar-refractivity contribution in [2.75, 3.05) is 0 Å². The molecule has 0 radical (unpaired) electrons. The second-order valence-corrected chi connectivity index (χ2v) is 7.19. The number of aromatic hydroxyl groups is 1. The number of amides is 1. The van der Waals surface area contributed by atoms with Gasteiger partial charge in [0.05, 0.1) is 18.4 Å². The lowest BCUT2D eigenvalue weighted by Crippen LogP contribution is -2.17. The predicted octanol–water partition coefficient (Wildman–Crippen LogP) is 3.52. The second kappa shape index (κ2) is 9.16. The molecule has 0 aliphatic rings. The van der Waals surface area contributed by atoms with Crippen LogP contribution in [0.4, 0.5) is 0 Å². The van der Waals surface area contributed by atoms with Gasteiger partial charge in [-0.05, 0) is 41.5 Å². The number of carbonyl (C=O) groups excluding carboxylic acids is 1. The van der Waals surface area contributed by atoms with Gasteiger partial charge in [0.25, 0.3) is 5.91 Å². The van der Waals surface area contributed by atoms with Crippen molar-refractivity contribution in [2.24, 2.45) is 5.10 Å². The van der Waals surface area contributed by atoms with Crippen molar-refractivity contribution in [3.05, 3.63) is 101 Å². The fourth-order valence-corrected chi connectivity index (χ4v) is 3.54. The first-order valence-electron chi connectivity index (χ1n) is 9.92. The molecule has 0 aliphatic heterocycles. The lowest BCUT2D eigenvalue weighted by atomic mass is 10.1. The average molecular weight is 424 g/mol. The smallest absolute Gasteiger partial charge is 0.271 e. The summed E-state index contributed by atoms with van der Waals surface area (Å²) in [4.78, 5) is 12.3. The third-order valence-corrected chi connectivity index (χ3v) is 5.23. The van der Waals surface area contributed by atoms with Gasteiger partial charge in [-0.1, -0.05) is 36.4 Å². The quantitative estimate of drug-likeness (QED) is 0.325. The highest BCUT2D eigenvalue weighted by Gasteiger charge is 2.09. The van der Waals surface area contributed by atoms with Gasteiger partial charge < -0.3 is 14.8 Å². The summed E-state index contributed by atoms with van der Waals surface area (Å²) in [6.45, 7) is 0.615. The molecular weight excluding hydrogens is 404 g/mol. The Morgan fingerprint density at radius 3 is 2.69 bits per heavy atom. The summed E-state index contributed by atoms with van der Waals surface area (Å²) < 4.78 is 2.10. The van der Waals surface area contributed by atoms with Crippen molar-refractivity contribution >= 4 is 23.0 Å². The van der Waals surface area contributed by atoms with Gasteiger partial charge in [-0.3, -0.25) is 4.79 Å². The second-order valence-electron chi connectivity index (χ2n) is 7.19. The van der Waals surface area contributed by atoms with Gasteiger partial charge in [-0.25, -0.2) is 5.43 Å². The largest absolute Gasteiger partial charge is 0.507 e. The number of hydrazone groups is 1. The lowest BCUT2D eigenvalue weighted by Gasteiger charge is -2.10. The molecule has 0 fully saturated rings. The summed E-state index contributed by atoms with van der Waals surface area (Å²) in [6, 6.07) is 21.5. The molecule has 158 valence electrons. The minimum atomic E-state index is -0.483. The summed E-state index contributed by atoms with van der Waals surface area (Å²) in [5, 5.41) is 33.2. The van der Waals surface area contributed by atoms with E-state index in [1.165, 1.54) is 18.2 Å². The SMILES string of the molecule is N#Cc1cc(C(=O)NN=Cc2cccc3c2ccn3Cc2ccccc2CO)ccc1O. The Kier molecular flexibility index (Phi) is 5.97. The van der Waals surface area contributed by atoms with Gasteiger partial charge in [0.15, 0.2) is 0 Å². The number of nitrogens with one attached hydrogen (secondary N) is 1. The first-order chi connectivity index (χ1) is 15.6. The van der Waals surface area contributed by atoms with Crippen LogP contribution in [-0.2, 0) is 13.2 Å². The van der Waals surface area contributed by atoms with Crippen molar-refractivity contribution in [2.45, 2.75) is 13.2 Å². The zero-order chi connectivity index (χ0) is 22.5. The fourth-order valence-electron chi connectivity index (χ4n) is 3.54. The summed E-state index contributed by atoms with van der Waals surface area (Å²) in [6.07, 6.45) is 3.55. The van der Waals surface area contributed by atoms with E-state index < -0.39 is 5.91 Å². The van der Waals surface area contributed by atoms with Gasteiger partial charge in [0, 0.05) is 34.8 Å². The summed E-state index contributed by atoms with van der Waals surface area (Å²) in [7, 11) is 0. The van der Waals surface area contributed by atoms with Crippen molar-refractivity contribution in [3.8, 4) is 11.8 Å². The monoisotopic (exact) mass is 424 g/mol. The molecule has 1 heterocycles. The van der Waals surface area contributed by atoms with Crippen LogP contribution in [-0.4, -0.2) is 26.9 Å².